The molecule has 128 valence electrons. The summed E-state index contributed by atoms with van der Waals surface area (Å²) in [6, 6.07) is -0.0680. The lowest BCUT2D eigenvalue weighted by molar-refractivity contribution is -0.144. The zero-order valence-corrected chi connectivity index (χ0v) is 14.7. The number of nitrogens with one attached hydrogen (secondary N) is 1. The maximum Gasteiger partial charge on any atom is 0.243 e. The molecule has 0 aliphatic carbocycles. The van der Waals surface area contributed by atoms with E-state index in [4.69, 9.17) is 5.73 Å². The topological polar surface area (TPSA) is 91.6 Å². The molecule has 1 aliphatic heterocycles. The number of aromatic nitrogens is 1. The van der Waals surface area contributed by atoms with Crippen LogP contribution in [0.1, 0.15) is 26.0 Å². The van der Waals surface area contributed by atoms with Crippen molar-refractivity contribution in [1.29, 1.82) is 0 Å². The molecule has 1 saturated heterocycles. The number of nitrogen functional groups attached to an aromatic ring is 1. The Morgan fingerprint density at radius 1 is 1.48 bits per heavy atom. The van der Waals surface area contributed by atoms with Crippen LogP contribution in [0.2, 0.25) is 0 Å². The van der Waals surface area contributed by atoms with Gasteiger partial charge >= 0.3 is 0 Å². The third-order valence-corrected chi connectivity index (χ3v) is 4.90. The lowest BCUT2D eigenvalue weighted by Gasteiger charge is -2.42. The average Bonchev–Trinajstić information content (AvgIpc) is 2.96. The molecule has 2 heterocycles. The van der Waals surface area contributed by atoms with E-state index in [-0.39, 0.29) is 11.8 Å². The second-order valence-corrected chi connectivity index (χ2v) is 6.87. The van der Waals surface area contributed by atoms with Crippen LogP contribution in [0.15, 0.2) is 5.38 Å². The number of thiazole rings is 1. The molecule has 0 aromatic carbocycles. The Hall–Kier alpha value is -1.67. The number of hydrogen-bond acceptors (Lipinski definition) is 6. The van der Waals surface area contributed by atoms with Crippen molar-refractivity contribution in [2.75, 3.05) is 32.4 Å². The summed E-state index contributed by atoms with van der Waals surface area (Å²) in [4.78, 5) is 32.8. The first-order chi connectivity index (χ1) is 10.9. The SMILES string of the molecule is CNC(=O)C1CN(C(C)C)CCN1C(=O)CCc1csc(N)n1. The van der Waals surface area contributed by atoms with Crippen molar-refractivity contribution in [2.45, 2.75) is 38.8 Å². The third kappa shape index (κ3) is 4.42. The number of nitrogens with two attached hydrogens (primary N) is 1. The second kappa shape index (κ2) is 7.74. The molecule has 1 atom stereocenters. The summed E-state index contributed by atoms with van der Waals surface area (Å²) in [5.74, 6) is -0.116. The molecular weight excluding hydrogens is 314 g/mol. The zero-order chi connectivity index (χ0) is 17.0. The highest BCUT2D eigenvalue weighted by molar-refractivity contribution is 7.13. The summed E-state index contributed by atoms with van der Waals surface area (Å²) in [5.41, 5.74) is 6.44. The Morgan fingerprint density at radius 2 is 2.22 bits per heavy atom. The van der Waals surface area contributed by atoms with Crippen LogP contribution in [0.25, 0.3) is 0 Å². The number of amides is 2. The van der Waals surface area contributed by atoms with E-state index in [2.05, 4.69) is 29.0 Å². The van der Waals surface area contributed by atoms with Gasteiger partial charge in [-0.25, -0.2) is 4.98 Å². The largest absolute Gasteiger partial charge is 0.375 e. The quantitative estimate of drug-likeness (QED) is 0.806. The maximum absolute atomic E-state index is 12.6. The van der Waals surface area contributed by atoms with E-state index in [9.17, 15) is 9.59 Å². The van der Waals surface area contributed by atoms with Crippen LogP contribution in [-0.2, 0) is 16.0 Å². The summed E-state index contributed by atoms with van der Waals surface area (Å²) in [7, 11) is 1.61. The lowest BCUT2D eigenvalue weighted by Crippen LogP contribution is -2.61. The van der Waals surface area contributed by atoms with Crippen LogP contribution >= 0.6 is 11.3 Å². The molecule has 1 aromatic heterocycles. The van der Waals surface area contributed by atoms with E-state index in [1.807, 2.05) is 5.38 Å². The van der Waals surface area contributed by atoms with Crippen LogP contribution in [-0.4, -0.2) is 65.4 Å². The monoisotopic (exact) mass is 339 g/mol. The molecular formula is C15H25N5O2S. The first-order valence-corrected chi connectivity index (χ1v) is 8.75. The number of rotatable bonds is 5. The highest BCUT2D eigenvalue weighted by atomic mass is 32.1. The first-order valence-electron chi connectivity index (χ1n) is 7.87. The minimum Gasteiger partial charge on any atom is -0.375 e. The van der Waals surface area contributed by atoms with Gasteiger partial charge in [-0.2, -0.15) is 0 Å². The van der Waals surface area contributed by atoms with Gasteiger partial charge in [-0.15, -0.1) is 11.3 Å². The minimum absolute atomic E-state index is 0.00595. The standard InChI is InChI=1S/C15H25N5O2S/c1-10(2)19-6-7-20(12(8-19)14(22)17-3)13(21)5-4-11-9-23-15(16)18-11/h9-10,12H,4-8H2,1-3H3,(H2,16,18)(H,17,22). The van der Waals surface area contributed by atoms with Crippen LogP contribution in [0.3, 0.4) is 0 Å². The Bertz CT molecular complexity index is 560. The molecule has 2 rings (SSSR count). The Kier molecular flexibility index (Phi) is 5.95. The molecule has 2 amide bonds. The number of carbonyl (C=O) groups is 2. The third-order valence-electron chi connectivity index (χ3n) is 4.18. The van der Waals surface area contributed by atoms with Gasteiger partial charge in [0.25, 0.3) is 0 Å². The number of aryl methyl sites for hydroxylation is 1. The fraction of sp³-hybridized carbons (Fsp3) is 0.667. The van der Waals surface area contributed by atoms with Crippen LogP contribution in [0.5, 0.6) is 0 Å². The van der Waals surface area contributed by atoms with E-state index in [0.717, 1.165) is 12.2 Å². The first kappa shape index (κ1) is 17.7. The van der Waals surface area contributed by atoms with Gasteiger partial charge in [0.2, 0.25) is 11.8 Å². The van der Waals surface area contributed by atoms with Crippen molar-refractivity contribution in [1.82, 2.24) is 20.1 Å². The number of hydrogen-bond donors (Lipinski definition) is 2. The molecule has 7 nitrogen and oxygen atoms in total. The predicted octanol–water partition coefficient (Wildman–Crippen LogP) is 0.325. The molecule has 0 radical (unpaired) electrons. The summed E-state index contributed by atoms with van der Waals surface area (Å²) >= 11 is 1.38. The Morgan fingerprint density at radius 3 is 2.78 bits per heavy atom. The van der Waals surface area contributed by atoms with Gasteiger partial charge in [-0.05, 0) is 20.3 Å². The minimum atomic E-state index is -0.427. The summed E-state index contributed by atoms with van der Waals surface area (Å²) < 4.78 is 0. The maximum atomic E-state index is 12.6. The van der Waals surface area contributed by atoms with Gasteiger partial charge in [0, 0.05) is 44.5 Å². The molecule has 0 saturated carbocycles. The second-order valence-electron chi connectivity index (χ2n) is 5.98. The van der Waals surface area contributed by atoms with E-state index in [1.54, 1.807) is 11.9 Å². The number of nitrogens with zero attached hydrogens (tertiary/aromatic N) is 3. The zero-order valence-electron chi connectivity index (χ0n) is 13.9. The van der Waals surface area contributed by atoms with E-state index in [1.165, 1.54) is 11.3 Å². The molecule has 23 heavy (non-hydrogen) atoms. The van der Waals surface area contributed by atoms with Crippen LogP contribution in [0.4, 0.5) is 5.13 Å². The molecule has 8 heteroatoms. The Balaban J connectivity index is 2.00. The fourth-order valence-electron chi connectivity index (χ4n) is 2.78. The highest BCUT2D eigenvalue weighted by Gasteiger charge is 2.35. The number of piperazine rings is 1. The van der Waals surface area contributed by atoms with Crippen LogP contribution in [0, 0.1) is 0 Å². The van der Waals surface area contributed by atoms with E-state index in [0.29, 0.717) is 37.1 Å². The molecule has 1 aromatic rings. The number of anilines is 1. The number of likely N-dealkylation sites (N-methyl/N-ethyl adjacent to an activating group) is 1. The normalized spacial score (nSPS) is 19.1. The van der Waals surface area contributed by atoms with Crippen molar-refractivity contribution >= 4 is 28.3 Å². The van der Waals surface area contributed by atoms with Gasteiger partial charge in [-0.3, -0.25) is 14.5 Å². The van der Waals surface area contributed by atoms with Crippen molar-refractivity contribution in [3.05, 3.63) is 11.1 Å². The predicted molar refractivity (Wildman–Crippen MR) is 91.1 cm³/mol. The average molecular weight is 339 g/mol. The van der Waals surface area contributed by atoms with Gasteiger partial charge in [0.05, 0.1) is 5.69 Å². The molecule has 1 unspecified atom stereocenters. The number of carbonyl (C=O) groups excluding carboxylic acids is 2. The Labute approximate surface area is 140 Å². The highest BCUT2D eigenvalue weighted by Crippen LogP contribution is 2.17. The van der Waals surface area contributed by atoms with Crippen molar-refractivity contribution in [3.63, 3.8) is 0 Å². The molecule has 0 bridgehead atoms. The molecule has 1 aliphatic rings. The van der Waals surface area contributed by atoms with Gasteiger partial charge in [0.15, 0.2) is 5.13 Å². The molecule has 1 fully saturated rings. The van der Waals surface area contributed by atoms with E-state index < -0.39 is 6.04 Å². The summed E-state index contributed by atoms with van der Waals surface area (Å²) in [6.07, 6.45) is 0.899. The summed E-state index contributed by atoms with van der Waals surface area (Å²) in [5, 5.41) is 5.06. The smallest absolute Gasteiger partial charge is 0.243 e. The molecule has 3 N–H and O–H groups in total. The van der Waals surface area contributed by atoms with Crippen molar-refractivity contribution in [2.24, 2.45) is 0 Å². The fourth-order valence-corrected chi connectivity index (χ4v) is 3.38. The van der Waals surface area contributed by atoms with Crippen molar-refractivity contribution < 1.29 is 9.59 Å². The van der Waals surface area contributed by atoms with E-state index >= 15 is 0 Å². The van der Waals surface area contributed by atoms with Crippen molar-refractivity contribution in [3.8, 4) is 0 Å². The molecule has 0 spiro atoms. The summed E-state index contributed by atoms with van der Waals surface area (Å²) in [6.45, 7) is 6.15. The van der Waals surface area contributed by atoms with Gasteiger partial charge < -0.3 is 16.0 Å². The lowest BCUT2D eigenvalue weighted by atomic mass is 10.1. The van der Waals surface area contributed by atoms with Crippen LogP contribution < -0.4 is 11.1 Å². The van der Waals surface area contributed by atoms with Gasteiger partial charge in [0.1, 0.15) is 6.04 Å². The van der Waals surface area contributed by atoms with Gasteiger partial charge in [-0.1, -0.05) is 0 Å².